The number of hydrogen-bond donors (Lipinski definition) is 3. The fourth-order valence-corrected chi connectivity index (χ4v) is 4.43. The number of aryl methyl sites for hydroxylation is 1. The van der Waals surface area contributed by atoms with Crippen LogP contribution in [-0.4, -0.2) is 28.6 Å². The van der Waals surface area contributed by atoms with Gasteiger partial charge in [-0.05, 0) is 49.1 Å². The first-order valence-electron chi connectivity index (χ1n) is 8.83. The highest BCUT2D eigenvalue weighted by atomic mass is 32.1. The first kappa shape index (κ1) is 18.1. The van der Waals surface area contributed by atoms with Gasteiger partial charge in [-0.25, -0.2) is 4.98 Å². The highest BCUT2D eigenvalue weighted by molar-refractivity contribution is 7.21. The van der Waals surface area contributed by atoms with E-state index in [0.717, 1.165) is 35.2 Å². The average Bonchev–Trinajstić information content (AvgIpc) is 2.87. The van der Waals surface area contributed by atoms with E-state index in [4.69, 9.17) is 15.8 Å². The molecule has 2 aromatic rings. The number of nitrogens with one attached hydrogen (secondary N) is 1. The van der Waals surface area contributed by atoms with Gasteiger partial charge in [-0.2, -0.15) is 0 Å². The maximum atomic E-state index is 12.4. The molecule has 0 spiro atoms. The molecule has 0 radical (unpaired) electrons. The molecular weight excluding hydrogens is 334 g/mol. The summed E-state index contributed by atoms with van der Waals surface area (Å²) in [5.74, 6) is 0.389. The summed E-state index contributed by atoms with van der Waals surface area (Å²) >= 11 is 1.33. The molecule has 0 bridgehead atoms. The lowest BCUT2D eigenvalue weighted by molar-refractivity contribution is 0.0927. The van der Waals surface area contributed by atoms with Gasteiger partial charge in [-0.1, -0.05) is 20.8 Å². The third-order valence-electron chi connectivity index (χ3n) is 5.17. The molecule has 0 aliphatic heterocycles. The minimum absolute atomic E-state index is 0.0999. The Hall–Kier alpha value is -1.66. The largest absolute Gasteiger partial charge is 0.397 e. The van der Waals surface area contributed by atoms with Crippen LogP contribution in [0.25, 0.3) is 10.2 Å². The number of aliphatic hydroxyl groups is 1. The summed E-state index contributed by atoms with van der Waals surface area (Å²) in [5.41, 5.74) is 9.44. The summed E-state index contributed by atoms with van der Waals surface area (Å²) in [7, 11) is 0. The lowest BCUT2D eigenvalue weighted by atomic mass is 9.71. The number of carbonyl (C=O) groups excluding carboxylic acids is 1. The summed E-state index contributed by atoms with van der Waals surface area (Å²) in [6.45, 7) is 8.53. The Balaban J connectivity index is 1.96. The first-order chi connectivity index (χ1) is 11.7. The van der Waals surface area contributed by atoms with Crippen molar-refractivity contribution in [1.29, 1.82) is 0 Å². The number of nitrogen functional groups attached to an aromatic ring is 1. The molecule has 1 amide bonds. The summed E-state index contributed by atoms with van der Waals surface area (Å²) < 4.78 is 0. The summed E-state index contributed by atoms with van der Waals surface area (Å²) in [6, 6.07) is 1.83. The molecule has 0 fully saturated rings. The van der Waals surface area contributed by atoms with Gasteiger partial charge in [0.25, 0.3) is 5.91 Å². The fourth-order valence-electron chi connectivity index (χ4n) is 3.43. The van der Waals surface area contributed by atoms with Crippen molar-refractivity contribution in [1.82, 2.24) is 10.3 Å². The number of fused-ring (bicyclic) bond motifs is 2. The number of thiophene rings is 1. The standard InChI is InChI=1S/C19H27N3O2S/c1-10(9-23)21-17(24)16-15(20)13-8-11-7-12(19(2,3)4)5-6-14(11)22-18(13)25-16/h8,10,12,23H,5-7,9,20H2,1-4H3,(H,21,24)/t10-,12?/m0/s1. The van der Waals surface area contributed by atoms with Gasteiger partial charge in [-0.15, -0.1) is 11.3 Å². The second-order valence-corrected chi connectivity index (χ2v) is 9.15. The van der Waals surface area contributed by atoms with Crippen LogP contribution in [-0.2, 0) is 12.8 Å². The summed E-state index contributed by atoms with van der Waals surface area (Å²) in [4.78, 5) is 18.5. The van der Waals surface area contributed by atoms with Crippen molar-refractivity contribution >= 4 is 33.1 Å². The zero-order valence-electron chi connectivity index (χ0n) is 15.3. The lowest BCUT2D eigenvalue weighted by Crippen LogP contribution is -2.34. The molecule has 2 atom stereocenters. The van der Waals surface area contributed by atoms with Crippen molar-refractivity contribution in [2.45, 2.75) is 53.0 Å². The van der Waals surface area contributed by atoms with Gasteiger partial charge in [0.15, 0.2) is 0 Å². The van der Waals surface area contributed by atoms with E-state index >= 15 is 0 Å². The normalized spacial score (nSPS) is 18.8. The second kappa shape index (κ2) is 6.57. The van der Waals surface area contributed by atoms with Crippen LogP contribution in [0.15, 0.2) is 6.07 Å². The number of nitrogens with zero attached hydrogens (tertiary/aromatic N) is 1. The van der Waals surface area contributed by atoms with Gasteiger partial charge in [0.05, 0.1) is 12.3 Å². The molecular formula is C19H27N3O2S. The number of carbonyl (C=O) groups is 1. The van der Waals surface area contributed by atoms with E-state index in [1.807, 2.05) is 0 Å². The van der Waals surface area contributed by atoms with Gasteiger partial charge in [0.1, 0.15) is 9.71 Å². The van der Waals surface area contributed by atoms with Crippen molar-refractivity contribution in [2.75, 3.05) is 12.3 Å². The van der Waals surface area contributed by atoms with Crippen LogP contribution in [0.2, 0.25) is 0 Å². The first-order valence-corrected chi connectivity index (χ1v) is 9.64. The van der Waals surface area contributed by atoms with Crippen LogP contribution in [0.3, 0.4) is 0 Å². The Bertz CT molecular complexity index is 807. The minimum atomic E-state index is -0.300. The maximum absolute atomic E-state index is 12.4. The van der Waals surface area contributed by atoms with Gasteiger partial charge in [-0.3, -0.25) is 4.79 Å². The van der Waals surface area contributed by atoms with E-state index in [0.29, 0.717) is 16.5 Å². The molecule has 4 N–H and O–H groups in total. The quantitative estimate of drug-likeness (QED) is 0.784. The molecule has 1 aliphatic carbocycles. The van der Waals surface area contributed by atoms with Crippen molar-refractivity contribution in [2.24, 2.45) is 11.3 Å². The smallest absolute Gasteiger partial charge is 0.263 e. The van der Waals surface area contributed by atoms with Crippen molar-refractivity contribution in [3.8, 4) is 0 Å². The van der Waals surface area contributed by atoms with Crippen molar-refractivity contribution < 1.29 is 9.90 Å². The van der Waals surface area contributed by atoms with Gasteiger partial charge < -0.3 is 16.2 Å². The van der Waals surface area contributed by atoms with Crippen LogP contribution in [0.1, 0.15) is 55.0 Å². The Kier molecular flexibility index (Phi) is 4.77. The molecule has 6 heteroatoms. The Morgan fingerprint density at radius 1 is 1.52 bits per heavy atom. The van der Waals surface area contributed by atoms with E-state index in [1.165, 1.54) is 16.9 Å². The molecule has 136 valence electrons. The summed E-state index contributed by atoms with van der Waals surface area (Å²) in [6.07, 6.45) is 3.14. The molecule has 0 saturated carbocycles. The zero-order valence-corrected chi connectivity index (χ0v) is 16.2. The monoisotopic (exact) mass is 361 g/mol. The number of rotatable bonds is 3. The third-order valence-corrected chi connectivity index (χ3v) is 6.28. The predicted octanol–water partition coefficient (Wildman–Crippen LogP) is 3.14. The molecule has 0 saturated heterocycles. The molecule has 25 heavy (non-hydrogen) atoms. The van der Waals surface area contributed by atoms with E-state index in [9.17, 15) is 4.79 Å². The number of anilines is 1. The Morgan fingerprint density at radius 3 is 2.88 bits per heavy atom. The number of aromatic nitrogens is 1. The molecule has 0 aromatic carbocycles. The van der Waals surface area contributed by atoms with Crippen molar-refractivity contribution in [3.63, 3.8) is 0 Å². The highest BCUT2D eigenvalue weighted by Gasteiger charge is 2.30. The van der Waals surface area contributed by atoms with Crippen LogP contribution in [0.4, 0.5) is 5.69 Å². The van der Waals surface area contributed by atoms with Crippen LogP contribution in [0, 0.1) is 11.3 Å². The SMILES string of the molecule is C[C@@H](CO)NC(=O)c1sc2nc3c(cc2c1N)CC(C(C)(C)C)CC3. The fraction of sp³-hybridized carbons (Fsp3) is 0.579. The number of aliphatic hydroxyl groups excluding tert-OH is 1. The Labute approximate surface area is 152 Å². The van der Waals surface area contributed by atoms with Gasteiger partial charge >= 0.3 is 0 Å². The van der Waals surface area contributed by atoms with E-state index in [2.05, 4.69) is 32.2 Å². The van der Waals surface area contributed by atoms with Crippen molar-refractivity contribution in [3.05, 3.63) is 22.2 Å². The number of amides is 1. The average molecular weight is 362 g/mol. The lowest BCUT2D eigenvalue weighted by Gasteiger charge is -2.34. The molecule has 1 unspecified atom stereocenters. The Morgan fingerprint density at radius 2 is 2.24 bits per heavy atom. The minimum Gasteiger partial charge on any atom is -0.397 e. The van der Waals surface area contributed by atoms with Crippen LogP contribution < -0.4 is 11.1 Å². The molecule has 2 aromatic heterocycles. The molecule has 1 aliphatic rings. The number of nitrogens with two attached hydrogens (primary N) is 1. The summed E-state index contributed by atoms with van der Waals surface area (Å²) in [5, 5.41) is 12.8. The second-order valence-electron chi connectivity index (χ2n) is 8.15. The molecule has 3 rings (SSSR count). The number of hydrogen-bond acceptors (Lipinski definition) is 5. The zero-order chi connectivity index (χ0) is 18.4. The van der Waals surface area contributed by atoms with E-state index in [1.54, 1.807) is 6.92 Å². The highest BCUT2D eigenvalue weighted by Crippen LogP contribution is 2.40. The maximum Gasteiger partial charge on any atom is 0.263 e. The predicted molar refractivity (Wildman–Crippen MR) is 103 cm³/mol. The van der Waals surface area contributed by atoms with E-state index in [-0.39, 0.29) is 24.0 Å². The third kappa shape index (κ3) is 3.51. The van der Waals surface area contributed by atoms with Crippen LogP contribution >= 0.6 is 11.3 Å². The molecule has 5 nitrogen and oxygen atoms in total. The number of pyridine rings is 1. The van der Waals surface area contributed by atoms with Crippen LogP contribution in [0.5, 0.6) is 0 Å². The molecule has 2 heterocycles. The van der Waals surface area contributed by atoms with Gasteiger partial charge in [0.2, 0.25) is 0 Å². The van der Waals surface area contributed by atoms with E-state index < -0.39 is 0 Å². The van der Waals surface area contributed by atoms with Gasteiger partial charge in [0, 0.05) is 17.1 Å². The topological polar surface area (TPSA) is 88.2 Å².